The second kappa shape index (κ2) is 7.19. The molecule has 0 saturated heterocycles. The lowest BCUT2D eigenvalue weighted by molar-refractivity contribution is -0.387. The monoisotopic (exact) mass is 392 g/mol. The smallest absolute Gasteiger partial charge is 0.307 e. The Bertz CT molecular complexity index is 1240. The average Bonchev–Trinajstić information content (AvgIpc) is 3.06. The Hall–Kier alpha value is -4.01. The van der Waals surface area contributed by atoms with Crippen LogP contribution in [0.3, 0.4) is 0 Å². The number of para-hydroxylation sites is 1. The summed E-state index contributed by atoms with van der Waals surface area (Å²) in [4.78, 5) is 19.1. The lowest BCUT2D eigenvalue weighted by Gasteiger charge is -2.11. The molecule has 0 fully saturated rings. The molecule has 0 aliphatic carbocycles. The fourth-order valence-electron chi connectivity index (χ4n) is 3.25. The Morgan fingerprint density at radius 2 is 1.97 bits per heavy atom. The van der Waals surface area contributed by atoms with E-state index in [0.717, 1.165) is 28.6 Å². The van der Waals surface area contributed by atoms with E-state index in [4.69, 9.17) is 0 Å². The Labute approximate surface area is 165 Å². The zero-order valence-electron chi connectivity index (χ0n) is 15.7. The van der Waals surface area contributed by atoms with Gasteiger partial charge in [-0.3, -0.25) is 10.1 Å². The molecule has 4 rings (SSSR count). The number of nitro benzene ring substituents is 1. The quantitative estimate of drug-likeness (QED) is 0.384. The van der Waals surface area contributed by atoms with Crippen LogP contribution in [0, 0.1) is 15.9 Å². The minimum absolute atomic E-state index is 0.243. The molecule has 8 nitrogen and oxygen atoms in total. The molecule has 2 aromatic carbocycles. The number of nitro groups is 1. The van der Waals surface area contributed by atoms with Crippen molar-refractivity contribution in [3.05, 3.63) is 70.8 Å². The zero-order valence-corrected chi connectivity index (χ0v) is 15.7. The van der Waals surface area contributed by atoms with Crippen LogP contribution in [0.5, 0.6) is 0 Å². The minimum atomic E-state index is -0.921. The van der Waals surface area contributed by atoms with Gasteiger partial charge in [0.15, 0.2) is 0 Å². The van der Waals surface area contributed by atoms with E-state index in [9.17, 15) is 14.5 Å². The SMILES string of the molecule is CNc1cc(F)c([N+](=O)[O-])cc1Nc1nccc(-c2cn(C)c3ccccc23)n1. The highest BCUT2D eigenvalue weighted by Gasteiger charge is 2.19. The zero-order chi connectivity index (χ0) is 20.5. The summed E-state index contributed by atoms with van der Waals surface area (Å²) in [5.41, 5.74) is 2.73. The molecular weight excluding hydrogens is 375 g/mol. The first-order valence-electron chi connectivity index (χ1n) is 8.78. The molecule has 4 aromatic rings. The van der Waals surface area contributed by atoms with Gasteiger partial charge in [-0.25, -0.2) is 9.97 Å². The van der Waals surface area contributed by atoms with Crippen LogP contribution in [0.15, 0.2) is 54.9 Å². The molecule has 9 heteroatoms. The standard InChI is InChI=1S/C20H17FN6O2/c1-22-16-9-14(21)19(27(28)29)10-17(16)25-20-23-8-7-15(24-20)13-11-26(2)18-6-4-3-5-12(13)18/h3-11,22H,1-2H3,(H,23,24,25). The molecule has 0 atom stereocenters. The molecule has 0 saturated carbocycles. The molecular formula is C20H17FN6O2. The molecule has 0 radical (unpaired) electrons. The molecule has 2 N–H and O–H groups in total. The van der Waals surface area contributed by atoms with Crippen molar-refractivity contribution in [1.82, 2.24) is 14.5 Å². The first-order chi connectivity index (χ1) is 14.0. The number of halogens is 1. The van der Waals surface area contributed by atoms with Crippen molar-refractivity contribution in [2.24, 2.45) is 7.05 Å². The molecule has 0 aliphatic rings. The molecule has 0 amide bonds. The topological polar surface area (TPSA) is 97.9 Å². The summed E-state index contributed by atoms with van der Waals surface area (Å²) in [5, 5.41) is 17.9. The molecule has 0 aliphatic heterocycles. The third-order valence-electron chi connectivity index (χ3n) is 4.63. The van der Waals surface area contributed by atoms with Gasteiger partial charge in [-0.2, -0.15) is 4.39 Å². The van der Waals surface area contributed by atoms with E-state index in [1.54, 1.807) is 19.3 Å². The number of nitrogens with zero attached hydrogens (tertiary/aromatic N) is 4. The second-order valence-corrected chi connectivity index (χ2v) is 6.42. The summed E-state index contributed by atoms with van der Waals surface area (Å²) in [7, 11) is 3.56. The summed E-state index contributed by atoms with van der Waals surface area (Å²) >= 11 is 0. The van der Waals surface area contributed by atoms with Crippen LogP contribution in [0.25, 0.3) is 22.2 Å². The molecule has 0 bridgehead atoms. The van der Waals surface area contributed by atoms with E-state index < -0.39 is 16.4 Å². The van der Waals surface area contributed by atoms with E-state index in [1.165, 1.54) is 0 Å². The minimum Gasteiger partial charge on any atom is -0.386 e. The number of hydrogen-bond donors (Lipinski definition) is 2. The molecule has 0 unspecified atom stereocenters. The third-order valence-corrected chi connectivity index (χ3v) is 4.63. The highest BCUT2D eigenvalue weighted by Crippen LogP contribution is 2.33. The molecule has 0 spiro atoms. The van der Waals surface area contributed by atoms with Crippen molar-refractivity contribution in [3.8, 4) is 11.3 Å². The predicted octanol–water partition coefficient (Wildman–Crippen LogP) is 4.47. The lowest BCUT2D eigenvalue weighted by atomic mass is 10.1. The van der Waals surface area contributed by atoms with E-state index in [-0.39, 0.29) is 5.95 Å². The number of rotatable bonds is 5. The first kappa shape index (κ1) is 18.4. The number of fused-ring (bicyclic) bond motifs is 1. The third kappa shape index (κ3) is 3.33. The lowest BCUT2D eigenvalue weighted by Crippen LogP contribution is -2.03. The molecule has 2 heterocycles. The van der Waals surface area contributed by atoms with Gasteiger partial charge >= 0.3 is 5.69 Å². The fourth-order valence-corrected chi connectivity index (χ4v) is 3.25. The fraction of sp³-hybridized carbons (Fsp3) is 0.100. The van der Waals surface area contributed by atoms with Gasteiger partial charge in [0.2, 0.25) is 11.8 Å². The van der Waals surface area contributed by atoms with Gasteiger partial charge < -0.3 is 15.2 Å². The van der Waals surface area contributed by atoms with Crippen molar-refractivity contribution in [1.29, 1.82) is 0 Å². The summed E-state index contributed by atoms with van der Waals surface area (Å²) in [6, 6.07) is 11.9. The highest BCUT2D eigenvalue weighted by molar-refractivity contribution is 5.95. The van der Waals surface area contributed by atoms with E-state index in [1.807, 2.05) is 42.1 Å². The van der Waals surface area contributed by atoms with Gasteiger partial charge in [-0.1, -0.05) is 18.2 Å². The summed E-state index contributed by atoms with van der Waals surface area (Å²) in [6.07, 6.45) is 3.59. The van der Waals surface area contributed by atoms with Gasteiger partial charge in [0.25, 0.3) is 0 Å². The van der Waals surface area contributed by atoms with E-state index >= 15 is 0 Å². The predicted molar refractivity (Wildman–Crippen MR) is 110 cm³/mol. The number of nitrogens with one attached hydrogen (secondary N) is 2. The number of aryl methyl sites for hydroxylation is 1. The Morgan fingerprint density at radius 3 is 2.72 bits per heavy atom. The van der Waals surface area contributed by atoms with Crippen LogP contribution in [0.1, 0.15) is 0 Å². The summed E-state index contributed by atoms with van der Waals surface area (Å²) in [6.45, 7) is 0. The van der Waals surface area contributed by atoms with Gasteiger partial charge in [0.1, 0.15) is 0 Å². The maximum Gasteiger partial charge on any atom is 0.307 e. The molecule has 2 aromatic heterocycles. The van der Waals surface area contributed by atoms with Crippen molar-refractivity contribution in [3.63, 3.8) is 0 Å². The van der Waals surface area contributed by atoms with Crippen molar-refractivity contribution in [2.75, 3.05) is 17.7 Å². The van der Waals surface area contributed by atoms with Crippen molar-refractivity contribution < 1.29 is 9.31 Å². The van der Waals surface area contributed by atoms with Crippen LogP contribution in [-0.2, 0) is 7.05 Å². The van der Waals surface area contributed by atoms with Crippen molar-refractivity contribution in [2.45, 2.75) is 0 Å². The van der Waals surface area contributed by atoms with Crippen LogP contribution in [0.2, 0.25) is 0 Å². The second-order valence-electron chi connectivity index (χ2n) is 6.42. The number of aromatic nitrogens is 3. The highest BCUT2D eigenvalue weighted by atomic mass is 19.1. The van der Waals surface area contributed by atoms with Gasteiger partial charge in [-0.05, 0) is 12.1 Å². The van der Waals surface area contributed by atoms with Gasteiger partial charge in [0.05, 0.1) is 22.0 Å². The maximum absolute atomic E-state index is 13.9. The van der Waals surface area contributed by atoms with Crippen LogP contribution >= 0.6 is 0 Å². The van der Waals surface area contributed by atoms with Crippen LogP contribution in [0.4, 0.5) is 27.4 Å². The normalized spacial score (nSPS) is 10.9. The summed E-state index contributed by atoms with van der Waals surface area (Å²) < 4.78 is 15.9. The first-order valence-corrected chi connectivity index (χ1v) is 8.78. The number of anilines is 3. The van der Waals surface area contributed by atoms with E-state index in [0.29, 0.717) is 17.1 Å². The average molecular weight is 392 g/mol. The number of hydrogen-bond acceptors (Lipinski definition) is 6. The van der Waals surface area contributed by atoms with Crippen LogP contribution in [-0.4, -0.2) is 26.5 Å². The number of benzene rings is 2. The van der Waals surface area contributed by atoms with Gasteiger partial charge in [-0.15, -0.1) is 0 Å². The molecule has 146 valence electrons. The Kier molecular flexibility index (Phi) is 4.55. The largest absolute Gasteiger partial charge is 0.386 e. The Morgan fingerprint density at radius 1 is 1.17 bits per heavy atom. The van der Waals surface area contributed by atoms with Crippen molar-refractivity contribution >= 4 is 33.9 Å². The van der Waals surface area contributed by atoms with E-state index in [2.05, 4.69) is 20.6 Å². The summed E-state index contributed by atoms with van der Waals surface area (Å²) in [5.74, 6) is -0.678. The van der Waals surface area contributed by atoms with Gasteiger partial charge in [0, 0.05) is 55.1 Å². The Balaban J connectivity index is 1.75. The maximum atomic E-state index is 13.9. The molecule has 29 heavy (non-hydrogen) atoms. The van der Waals surface area contributed by atoms with Crippen LogP contribution < -0.4 is 10.6 Å².